The average Bonchev–Trinajstić information content (AvgIpc) is 3.14. The highest BCUT2D eigenvalue weighted by atomic mass is 79.9. The normalized spacial score (nSPS) is 11.9. The van der Waals surface area contributed by atoms with Crippen molar-refractivity contribution < 1.29 is 9.59 Å². The minimum atomic E-state index is -0.295. The van der Waals surface area contributed by atoms with Gasteiger partial charge in [0.05, 0.1) is 12.6 Å². The summed E-state index contributed by atoms with van der Waals surface area (Å²) in [5.74, 6) is 0.968. The van der Waals surface area contributed by atoms with E-state index in [1.54, 1.807) is 36.0 Å². The first-order valence-electron chi connectivity index (χ1n) is 8.70. The lowest BCUT2D eigenvalue weighted by atomic mass is 10.2. The predicted molar refractivity (Wildman–Crippen MR) is 113 cm³/mol. The predicted octanol–water partition coefficient (Wildman–Crippen LogP) is 2.83. The molecule has 3 rings (SSSR count). The van der Waals surface area contributed by atoms with E-state index in [4.69, 9.17) is 0 Å². The second-order valence-electron chi connectivity index (χ2n) is 6.08. The Bertz CT molecular complexity index is 960. The lowest BCUT2D eigenvalue weighted by Gasteiger charge is -2.17. The highest BCUT2D eigenvalue weighted by Gasteiger charge is 2.20. The van der Waals surface area contributed by atoms with E-state index in [1.807, 2.05) is 35.1 Å². The highest BCUT2D eigenvalue weighted by molar-refractivity contribution is 9.10. The number of nitrogens with zero attached hydrogens (tertiary/aromatic N) is 3. The van der Waals surface area contributed by atoms with Crippen molar-refractivity contribution >= 4 is 45.2 Å². The Hall–Kier alpha value is -2.39. The van der Waals surface area contributed by atoms with Crippen LogP contribution in [0.25, 0.3) is 5.65 Å². The van der Waals surface area contributed by atoms with E-state index in [9.17, 15) is 9.59 Å². The van der Waals surface area contributed by atoms with Crippen molar-refractivity contribution in [3.8, 4) is 0 Å². The Balaban J connectivity index is 1.64. The molecule has 0 saturated heterocycles. The smallest absolute Gasteiger partial charge is 0.251 e. The number of amides is 2. The van der Waals surface area contributed by atoms with Crippen LogP contribution in [0.1, 0.15) is 28.6 Å². The van der Waals surface area contributed by atoms with Crippen molar-refractivity contribution in [2.24, 2.45) is 0 Å². The molecule has 146 valence electrons. The zero-order chi connectivity index (χ0) is 19.9. The van der Waals surface area contributed by atoms with Crippen LogP contribution in [0.3, 0.4) is 0 Å². The van der Waals surface area contributed by atoms with Crippen molar-refractivity contribution in [1.82, 2.24) is 25.2 Å². The van der Waals surface area contributed by atoms with Gasteiger partial charge in [-0.3, -0.25) is 14.0 Å². The van der Waals surface area contributed by atoms with Gasteiger partial charge in [0.15, 0.2) is 11.5 Å². The number of carbonyl (C=O) groups excluding carboxylic acids is 2. The van der Waals surface area contributed by atoms with E-state index in [0.29, 0.717) is 17.8 Å². The SMILES string of the molecule is CSCCC(NC(=O)CNC(=O)c1ccc(Br)cc1)c1nnc2ccccn12. The summed E-state index contributed by atoms with van der Waals surface area (Å²) in [6.07, 6.45) is 4.60. The van der Waals surface area contributed by atoms with Crippen LogP contribution in [-0.4, -0.2) is 45.0 Å². The van der Waals surface area contributed by atoms with Crippen molar-refractivity contribution in [1.29, 1.82) is 0 Å². The van der Waals surface area contributed by atoms with Crippen LogP contribution in [0.2, 0.25) is 0 Å². The molecule has 0 saturated carbocycles. The maximum Gasteiger partial charge on any atom is 0.251 e. The van der Waals surface area contributed by atoms with E-state index in [-0.39, 0.29) is 24.4 Å². The first kappa shape index (κ1) is 20.3. The number of fused-ring (bicyclic) bond motifs is 1. The second-order valence-corrected chi connectivity index (χ2v) is 7.98. The monoisotopic (exact) mass is 461 g/mol. The van der Waals surface area contributed by atoms with E-state index < -0.39 is 0 Å². The molecule has 2 N–H and O–H groups in total. The van der Waals surface area contributed by atoms with Gasteiger partial charge in [-0.2, -0.15) is 11.8 Å². The van der Waals surface area contributed by atoms with Gasteiger partial charge in [-0.05, 0) is 54.8 Å². The average molecular weight is 462 g/mol. The fourth-order valence-corrected chi connectivity index (χ4v) is 3.44. The number of thioether (sulfide) groups is 1. The number of benzene rings is 1. The third-order valence-corrected chi connectivity index (χ3v) is 5.29. The minimum Gasteiger partial charge on any atom is -0.344 e. The molecule has 0 aliphatic heterocycles. The molecule has 0 aliphatic carbocycles. The number of hydrogen-bond donors (Lipinski definition) is 2. The number of nitrogens with one attached hydrogen (secondary N) is 2. The Morgan fingerprint density at radius 2 is 1.96 bits per heavy atom. The zero-order valence-electron chi connectivity index (χ0n) is 15.3. The summed E-state index contributed by atoms with van der Waals surface area (Å²) in [6.45, 7) is -0.110. The fraction of sp³-hybridized carbons (Fsp3) is 0.263. The molecule has 2 heterocycles. The summed E-state index contributed by atoms with van der Waals surface area (Å²) < 4.78 is 2.75. The number of halogens is 1. The van der Waals surface area contributed by atoms with Gasteiger partial charge in [0, 0.05) is 16.2 Å². The van der Waals surface area contributed by atoms with Gasteiger partial charge in [-0.15, -0.1) is 10.2 Å². The van der Waals surface area contributed by atoms with E-state index in [2.05, 4.69) is 36.8 Å². The largest absolute Gasteiger partial charge is 0.344 e. The molecule has 28 heavy (non-hydrogen) atoms. The quantitative estimate of drug-likeness (QED) is 0.538. The Labute approximate surface area is 175 Å². The maximum atomic E-state index is 12.4. The molecule has 1 aromatic carbocycles. The van der Waals surface area contributed by atoms with Crippen LogP contribution in [0, 0.1) is 0 Å². The molecule has 0 radical (unpaired) electrons. The Morgan fingerprint density at radius 1 is 1.18 bits per heavy atom. The van der Waals surface area contributed by atoms with Gasteiger partial charge in [-0.1, -0.05) is 22.0 Å². The molecule has 2 aromatic heterocycles. The number of aromatic nitrogens is 3. The van der Waals surface area contributed by atoms with Crippen LogP contribution in [0.15, 0.2) is 53.1 Å². The van der Waals surface area contributed by atoms with Gasteiger partial charge < -0.3 is 10.6 Å². The molecular formula is C19H20BrN5O2S. The summed E-state index contributed by atoms with van der Waals surface area (Å²) >= 11 is 5.02. The van der Waals surface area contributed by atoms with Gasteiger partial charge in [-0.25, -0.2) is 0 Å². The molecule has 0 fully saturated rings. The molecule has 0 aliphatic rings. The van der Waals surface area contributed by atoms with Gasteiger partial charge >= 0.3 is 0 Å². The molecule has 0 bridgehead atoms. The first-order chi connectivity index (χ1) is 13.6. The third-order valence-electron chi connectivity index (χ3n) is 4.11. The minimum absolute atomic E-state index is 0.110. The summed E-state index contributed by atoms with van der Waals surface area (Å²) in [6, 6.07) is 12.3. The van der Waals surface area contributed by atoms with E-state index in [1.165, 1.54) is 0 Å². The van der Waals surface area contributed by atoms with Gasteiger partial charge in [0.2, 0.25) is 5.91 Å². The van der Waals surface area contributed by atoms with Crippen LogP contribution in [-0.2, 0) is 4.79 Å². The molecule has 7 nitrogen and oxygen atoms in total. The fourth-order valence-electron chi connectivity index (χ4n) is 2.71. The van der Waals surface area contributed by atoms with Crippen LogP contribution in [0.4, 0.5) is 0 Å². The Morgan fingerprint density at radius 3 is 2.71 bits per heavy atom. The number of carbonyl (C=O) groups is 2. The van der Waals surface area contributed by atoms with Gasteiger partial charge in [0.25, 0.3) is 5.91 Å². The molecule has 3 aromatic rings. The van der Waals surface area contributed by atoms with Crippen LogP contribution >= 0.6 is 27.7 Å². The number of pyridine rings is 1. The topological polar surface area (TPSA) is 88.4 Å². The third kappa shape index (κ3) is 5.11. The lowest BCUT2D eigenvalue weighted by molar-refractivity contribution is -0.120. The van der Waals surface area contributed by atoms with Crippen LogP contribution < -0.4 is 10.6 Å². The molecule has 1 atom stereocenters. The maximum absolute atomic E-state index is 12.4. The van der Waals surface area contributed by atoms with E-state index in [0.717, 1.165) is 15.9 Å². The van der Waals surface area contributed by atoms with Gasteiger partial charge in [0.1, 0.15) is 0 Å². The molecule has 2 amide bonds. The standard InChI is InChI=1S/C19H20BrN5O2S/c1-28-11-9-15(18-24-23-16-4-2-3-10-25(16)18)22-17(26)12-21-19(27)13-5-7-14(20)8-6-13/h2-8,10,15H,9,11-12H2,1H3,(H,21,27)(H,22,26). The van der Waals surface area contributed by atoms with Crippen LogP contribution in [0.5, 0.6) is 0 Å². The summed E-state index contributed by atoms with van der Waals surface area (Å²) in [4.78, 5) is 24.6. The number of hydrogen-bond acceptors (Lipinski definition) is 5. The van der Waals surface area contributed by atoms with Crippen molar-refractivity contribution in [2.75, 3.05) is 18.6 Å². The molecule has 0 spiro atoms. The van der Waals surface area contributed by atoms with Crippen molar-refractivity contribution in [3.63, 3.8) is 0 Å². The lowest BCUT2D eigenvalue weighted by Crippen LogP contribution is -2.39. The summed E-state index contributed by atoms with van der Waals surface area (Å²) in [5.41, 5.74) is 1.22. The second kappa shape index (κ2) is 9.70. The summed E-state index contributed by atoms with van der Waals surface area (Å²) in [5, 5.41) is 14.0. The zero-order valence-corrected chi connectivity index (χ0v) is 17.7. The highest BCUT2D eigenvalue weighted by Crippen LogP contribution is 2.18. The number of rotatable bonds is 8. The first-order valence-corrected chi connectivity index (χ1v) is 10.9. The molecule has 9 heteroatoms. The molecular weight excluding hydrogens is 442 g/mol. The summed E-state index contributed by atoms with van der Waals surface area (Å²) in [7, 11) is 0. The van der Waals surface area contributed by atoms with Crippen molar-refractivity contribution in [3.05, 3.63) is 64.5 Å². The van der Waals surface area contributed by atoms with E-state index >= 15 is 0 Å². The Kier molecular flexibility index (Phi) is 7.05. The van der Waals surface area contributed by atoms with Crippen molar-refractivity contribution in [2.45, 2.75) is 12.5 Å². The molecule has 1 unspecified atom stereocenters.